The van der Waals surface area contributed by atoms with Crippen LogP contribution in [0, 0.1) is 5.82 Å². The molecule has 3 N–H and O–H groups in total. The van der Waals surface area contributed by atoms with E-state index in [0.29, 0.717) is 0 Å². The van der Waals surface area contributed by atoms with Crippen molar-refractivity contribution in [2.45, 2.75) is 18.5 Å². The number of alkyl halides is 3. The molecule has 0 aliphatic rings. The molecule has 1 aromatic carbocycles. The van der Waals surface area contributed by atoms with Gasteiger partial charge in [-0.1, -0.05) is 17.7 Å². The fraction of sp³-hybridized carbons (Fsp3) is 0.500. The molecule has 1 rings (SSSR count). The lowest BCUT2D eigenvalue weighted by Crippen LogP contribution is -2.36. The van der Waals surface area contributed by atoms with Gasteiger partial charge in [0.05, 0.1) is 11.7 Å². The van der Waals surface area contributed by atoms with Crippen molar-refractivity contribution < 1.29 is 26.0 Å². The molecule has 0 saturated carbocycles. The molecule has 0 fully saturated rings. The lowest BCUT2D eigenvalue weighted by molar-refractivity contribution is -0.148. The molecule has 0 radical (unpaired) electrons. The highest BCUT2D eigenvalue weighted by atomic mass is 35.5. The Bertz CT molecular complexity index is 608. The molecule has 0 aliphatic heterocycles. The summed E-state index contributed by atoms with van der Waals surface area (Å²) in [6, 6.07) is 2.48. The van der Waals surface area contributed by atoms with Crippen molar-refractivity contribution in [1.82, 2.24) is 4.72 Å². The number of halogens is 5. The van der Waals surface area contributed by atoms with E-state index < -0.39 is 45.1 Å². The second-order valence-electron chi connectivity index (χ2n) is 4.57. The summed E-state index contributed by atoms with van der Waals surface area (Å²) in [5.74, 6) is -3.32. The molecule has 0 aromatic heterocycles. The molecular formula is C12H15ClF4N2O2S. The van der Waals surface area contributed by atoms with Crippen LogP contribution in [0.4, 0.5) is 17.6 Å². The Kier molecular flexibility index (Phi) is 6.60. The van der Waals surface area contributed by atoms with Crippen LogP contribution in [-0.4, -0.2) is 33.4 Å². The van der Waals surface area contributed by atoms with Crippen LogP contribution in [0.15, 0.2) is 18.2 Å². The van der Waals surface area contributed by atoms with Crippen LogP contribution in [0.5, 0.6) is 0 Å². The van der Waals surface area contributed by atoms with Gasteiger partial charge in [0, 0.05) is 11.6 Å². The van der Waals surface area contributed by atoms with E-state index in [2.05, 4.69) is 0 Å². The SMILES string of the molecule is NCCCS(=O)(=O)NCC(c1ccc(F)cc1Cl)C(F)(F)F. The van der Waals surface area contributed by atoms with Crippen LogP contribution < -0.4 is 10.5 Å². The van der Waals surface area contributed by atoms with Gasteiger partial charge in [-0.15, -0.1) is 0 Å². The summed E-state index contributed by atoms with van der Waals surface area (Å²) in [5.41, 5.74) is 4.77. The van der Waals surface area contributed by atoms with Gasteiger partial charge in [-0.3, -0.25) is 0 Å². The van der Waals surface area contributed by atoms with Crippen LogP contribution in [-0.2, 0) is 10.0 Å². The smallest absolute Gasteiger partial charge is 0.330 e. The summed E-state index contributed by atoms with van der Waals surface area (Å²) in [7, 11) is -3.88. The molecule has 0 saturated heterocycles. The zero-order valence-electron chi connectivity index (χ0n) is 11.3. The van der Waals surface area contributed by atoms with Gasteiger partial charge >= 0.3 is 6.18 Å². The molecule has 0 aliphatic carbocycles. The molecule has 1 aromatic rings. The highest BCUT2D eigenvalue weighted by Crippen LogP contribution is 2.37. The molecule has 0 bridgehead atoms. The van der Waals surface area contributed by atoms with Crippen molar-refractivity contribution in [2.24, 2.45) is 5.73 Å². The number of nitrogens with two attached hydrogens (primary N) is 1. The first-order chi connectivity index (χ1) is 10.1. The topological polar surface area (TPSA) is 72.2 Å². The summed E-state index contributed by atoms with van der Waals surface area (Å²) in [5, 5.41) is -0.413. The number of sulfonamides is 1. The molecule has 1 atom stereocenters. The molecule has 4 nitrogen and oxygen atoms in total. The Morgan fingerprint density at radius 2 is 1.95 bits per heavy atom. The first-order valence-corrected chi connectivity index (χ1v) is 8.29. The molecule has 10 heteroatoms. The van der Waals surface area contributed by atoms with E-state index in [1.54, 1.807) is 0 Å². The van der Waals surface area contributed by atoms with Gasteiger partial charge < -0.3 is 5.73 Å². The van der Waals surface area contributed by atoms with E-state index >= 15 is 0 Å². The predicted molar refractivity (Wildman–Crippen MR) is 75.7 cm³/mol. The maximum Gasteiger partial charge on any atom is 0.397 e. The molecule has 1 unspecified atom stereocenters. The van der Waals surface area contributed by atoms with Crippen LogP contribution >= 0.6 is 11.6 Å². The van der Waals surface area contributed by atoms with E-state index in [1.165, 1.54) is 0 Å². The van der Waals surface area contributed by atoms with Crippen LogP contribution in [0.2, 0.25) is 5.02 Å². The zero-order chi connectivity index (χ0) is 17.0. The summed E-state index contributed by atoms with van der Waals surface area (Å²) in [6.07, 6.45) is -4.61. The van der Waals surface area contributed by atoms with Crippen molar-refractivity contribution in [1.29, 1.82) is 0 Å². The third-order valence-electron chi connectivity index (χ3n) is 2.86. The second-order valence-corrected chi connectivity index (χ2v) is 6.90. The van der Waals surface area contributed by atoms with E-state index in [0.717, 1.165) is 18.2 Å². The molecule has 0 amide bonds. The Morgan fingerprint density at radius 1 is 1.32 bits per heavy atom. The highest BCUT2D eigenvalue weighted by Gasteiger charge is 2.42. The largest absolute Gasteiger partial charge is 0.397 e. The fourth-order valence-corrected chi connectivity index (χ4v) is 3.15. The van der Waals surface area contributed by atoms with Gasteiger partial charge in [0.1, 0.15) is 5.82 Å². The number of benzene rings is 1. The van der Waals surface area contributed by atoms with Crippen molar-refractivity contribution in [3.63, 3.8) is 0 Å². The second kappa shape index (κ2) is 7.58. The Morgan fingerprint density at radius 3 is 2.45 bits per heavy atom. The minimum atomic E-state index is -4.74. The number of hydrogen-bond acceptors (Lipinski definition) is 3. The van der Waals surface area contributed by atoms with Gasteiger partial charge in [-0.25, -0.2) is 17.5 Å². The highest BCUT2D eigenvalue weighted by molar-refractivity contribution is 7.89. The Labute approximate surface area is 130 Å². The summed E-state index contributed by atoms with van der Waals surface area (Å²) < 4.78 is 77.3. The lowest BCUT2D eigenvalue weighted by atomic mass is 9.98. The van der Waals surface area contributed by atoms with Crippen molar-refractivity contribution >= 4 is 21.6 Å². The molecule has 126 valence electrons. The average molecular weight is 363 g/mol. The van der Waals surface area contributed by atoms with E-state index in [4.69, 9.17) is 17.3 Å². The summed E-state index contributed by atoms with van der Waals surface area (Å²) >= 11 is 5.63. The summed E-state index contributed by atoms with van der Waals surface area (Å²) in [4.78, 5) is 0. The molecular weight excluding hydrogens is 348 g/mol. The molecule has 0 spiro atoms. The maximum absolute atomic E-state index is 13.1. The monoisotopic (exact) mass is 362 g/mol. The standard InChI is InChI=1S/C12H15ClF4N2O2S/c13-11-6-8(14)2-3-9(11)10(12(15,16)17)7-19-22(20,21)5-1-4-18/h2-3,6,10,19H,1,4-5,7,18H2. The van der Waals surface area contributed by atoms with Crippen LogP contribution in [0.1, 0.15) is 17.9 Å². The van der Waals surface area contributed by atoms with Crippen molar-refractivity contribution in [2.75, 3.05) is 18.8 Å². The quantitative estimate of drug-likeness (QED) is 0.732. The third-order valence-corrected chi connectivity index (χ3v) is 4.62. The maximum atomic E-state index is 13.1. The van der Waals surface area contributed by atoms with Gasteiger partial charge in [-0.05, 0) is 30.7 Å². The molecule has 0 heterocycles. The predicted octanol–water partition coefficient (Wildman–Crippen LogP) is 2.39. The number of rotatable bonds is 7. The van der Waals surface area contributed by atoms with Gasteiger partial charge in [0.25, 0.3) is 0 Å². The number of nitrogens with one attached hydrogen (secondary N) is 1. The van der Waals surface area contributed by atoms with E-state index in [-0.39, 0.29) is 18.7 Å². The van der Waals surface area contributed by atoms with E-state index in [9.17, 15) is 26.0 Å². The fourth-order valence-electron chi connectivity index (χ4n) is 1.74. The first-order valence-electron chi connectivity index (χ1n) is 6.26. The summed E-state index contributed by atoms with van der Waals surface area (Å²) in [6.45, 7) is -0.810. The van der Waals surface area contributed by atoms with Gasteiger partial charge in [0.15, 0.2) is 0 Å². The minimum Gasteiger partial charge on any atom is -0.330 e. The van der Waals surface area contributed by atoms with Crippen LogP contribution in [0.25, 0.3) is 0 Å². The van der Waals surface area contributed by atoms with E-state index in [1.807, 2.05) is 4.72 Å². The normalized spacial score (nSPS) is 14.1. The molecule has 22 heavy (non-hydrogen) atoms. The van der Waals surface area contributed by atoms with Gasteiger partial charge in [-0.2, -0.15) is 13.2 Å². The van der Waals surface area contributed by atoms with Crippen molar-refractivity contribution in [3.05, 3.63) is 34.6 Å². The Balaban J connectivity index is 2.96. The zero-order valence-corrected chi connectivity index (χ0v) is 12.9. The van der Waals surface area contributed by atoms with Gasteiger partial charge in [0.2, 0.25) is 10.0 Å². The number of hydrogen-bond donors (Lipinski definition) is 2. The van der Waals surface area contributed by atoms with Crippen molar-refractivity contribution in [3.8, 4) is 0 Å². The lowest BCUT2D eigenvalue weighted by Gasteiger charge is -2.22. The van der Waals surface area contributed by atoms with Crippen LogP contribution in [0.3, 0.4) is 0 Å². The Hall–Kier alpha value is -0.900. The third kappa shape index (κ3) is 5.71. The average Bonchev–Trinajstić information content (AvgIpc) is 2.37. The minimum absolute atomic E-state index is 0.105. The first kappa shape index (κ1) is 19.1.